The van der Waals surface area contributed by atoms with E-state index in [0.717, 1.165) is 30.2 Å². The van der Waals surface area contributed by atoms with Crippen LogP contribution in [0, 0.1) is 6.92 Å². The van der Waals surface area contributed by atoms with E-state index < -0.39 is 0 Å². The van der Waals surface area contributed by atoms with Crippen molar-refractivity contribution in [3.05, 3.63) is 41.6 Å². The molecule has 0 aliphatic carbocycles. The maximum absolute atomic E-state index is 6.34. The van der Waals surface area contributed by atoms with Crippen molar-refractivity contribution in [2.24, 2.45) is 0 Å². The third-order valence-electron chi connectivity index (χ3n) is 4.54. The molecule has 1 saturated heterocycles. The molecule has 1 fully saturated rings. The highest BCUT2D eigenvalue weighted by atomic mass is 15.3. The third-order valence-corrected chi connectivity index (χ3v) is 4.54. The van der Waals surface area contributed by atoms with Gasteiger partial charge in [0, 0.05) is 18.2 Å². The molecule has 1 unspecified atom stereocenters. The quantitative estimate of drug-likeness (QED) is 0.942. The minimum atomic E-state index is 0.639. The molecule has 3 rings (SSSR count). The average Bonchev–Trinajstić information content (AvgIpc) is 2.83. The summed E-state index contributed by atoms with van der Waals surface area (Å²) in [5.41, 5.74) is 9.72. The van der Waals surface area contributed by atoms with E-state index in [9.17, 15) is 0 Å². The van der Waals surface area contributed by atoms with Gasteiger partial charge < -0.3 is 5.73 Å². The number of likely N-dealkylation sites (tertiary alicyclic amines) is 1. The minimum absolute atomic E-state index is 0.639. The summed E-state index contributed by atoms with van der Waals surface area (Å²) >= 11 is 0. The molecule has 2 N–H and O–H groups in total. The zero-order valence-electron chi connectivity index (χ0n) is 12.9. The van der Waals surface area contributed by atoms with E-state index >= 15 is 0 Å². The smallest absolute Gasteiger partial charge is 0.131 e. The van der Waals surface area contributed by atoms with Gasteiger partial charge in [0.25, 0.3) is 0 Å². The van der Waals surface area contributed by atoms with Crippen molar-refractivity contribution in [2.45, 2.75) is 45.7 Å². The minimum Gasteiger partial charge on any atom is -0.383 e. The lowest BCUT2D eigenvalue weighted by Gasteiger charge is -2.33. The fraction of sp³-hybridized carbons (Fsp3) is 0.471. The second-order valence-corrected chi connectivity index (χ2v) is 6.07. The largest absolute Gasteiger partial charge is 0.383 e. The third kappa shape index (κ3) is 2.81. The van der Waals surface area contributed by atoms with Crippen LogP contribution in [0.15, 0.2) is 30.5 Å². The van der Waals surface area contributed by atoms with Crippen LogP contribution in [0.5, 0.6) is 0 Å². The molecule has 1 aromatic carbocycles. The predicted molar refractivity (Wildman–Crippen MR) is 86.4 cm³/mol. The summed E-state index contributed by atoms with van der Waals surface area (Å²) in [6.07, 6.45) is 5.83. The summed E-state index contributed by atoms with van der Waals surface area (Å²) in [5, 5.41) is 4.50. The van der Waals surface area contributed by atoms with Crippen molar-refractivity contribution < 1.29 is 0 Å². The molecule has 0 saturated carbocycles. The number of hydrogen-bond acceptors (Lipinski definition) is 3. The molecule has 1 aliphatic heterocycles. The topological polar surface area (TPSA) is 47.1 Å². The summed E-state index contributed by atoms with van der Waals surface area (Å²) in [4.78, 5) is 2.51. The lowest BCUT2D eigenvalue weighted by molar-refractivity contribution is 0.153. The van der Waals surface area contributed by atoms with Gasteiger partial charge in [-0.15, -0.1) is 0 Å². The highest BCUT2D eigenvalue weighted by Gasteiger charge is 2.20. The first-order valence-corrected chi connectivity index (χ1v) is 7.79. The molecular weight excluding hydrogens is 260 g/mol. The first-order chi connectivity index (χ1) is 10.2. The molecule has 21 heavy (non-hydrogen) atoms. The van der Waals surface area contributed by atoms with Crippen molar-refractivity contribution in [3.8, 4) is 5.69 Å². The van der Waals surface area contributed by atoms with Crippen molar-refractivity contribution >= 4 is 5.82 Å². The van der Waals surface area contributed by atoms with E-state index in [2.05, 4.69) is 36.0 Å². The van der Waals surface area contributed by atoms with Crippen LogP contribution in [-0.2, 0) is 6.54 Å². The van der Waals surface area contributed by atoms with E-state index in [-0.39, 0.29) is 0 Å². The zero-order valence-corrected chi connectivity index (χ0v) is 12.9. The number of aryl methyl sites for hydroxylation is 1. The summed E-state index contributed by atoms with van der Waals surface area (Å²) in [6, 6.07) is 8.85. The number of rotatable bonds is 3. The van der Waals surface area contributed by atoms with Gasteiger partial charge in [-0.3, -0.25) is 4.90 Å². The summed E-state index contributed by atoms with van der Waals surface area (Å²) in [5.74, 6) is 0.766. The van der Waals surface area contributed by atoms with Gasteiger partial charge in [-0.05, 0) is 44.9 Å². The fourth-order valence-corrected chi connectivity index (χ4v) is 3.12. The SMILES string of the molecule is Cc1ccccc1-n1ncc(CN2CCCCC2C)c1N. The van der Waals surface area contributed by atoms with Gasteiger partial charge >= 0.3 is 0 Å². The van der Waals surface area contributed by atoms with Crippen LogP contribution < -0.4 is 5.73 Å². The second-order valence-electron chi connectivity index (χ2n) is 6.07. The van der Waals surface area contributed by atoms with Crippen molar-refractivity contribution in [2.75, 3.05) is 12.3 Å². The van der Waals surface area contributed by atoms with Gasteiger partial charge in [-0.1, -0.05) is 24.6 Å². The molecule has 1 aromatic heterocycles. The molecule has 1 aliphatic rings. The van der Waals surface area contributed by atoms with Gasteiger partial charge in [0.2, 0.25) is 0 Å². The number of para-hydroxylation sites is 1. The number of hydrogen-bond donors (Lipinski definition) is 1. The Kier molecular flexibility index (Phi) is 3.97. The average molecular weight is 284 g/mol. The highest BCUT2D eigenvalue weighted by molar-refractivity contribution is 5.49. The first-order valence-electron chi connectivity index (χ1n) is 7.79. The monoisotopic (exact) mass is 284 g/mol. The molecule has 0 spiro atoms. The Labute approximate surface area is 126 Å². The van der Waals surface area contributed by atoms with E-state index in [4.69, 9.17) is 5.73 Å². The van der Waals surface area contributed by atoms with E-state index in [1.807, 2.05) is 23.0 Å². The van der Waals surface area contributed by atoms with Gasteiger partial charge in [0.1, 0.15) is 5.82 Å². The van der Waals surface area contributed by atoms with E-state index in [0.29, 0.717) is 6.04 Å². The number of anilines is 1. The summed E-state index contributed by atoms with van der Waals surface area (Å²) < 4.78 is 1.86. The Morgan fingerprint density at radius 2 is 2.10 bits per heavy atom. The Morgan fingerprint density at radius 3 is 2.86 bits per heavy atom. The molecule has 0 amide bonds. The van der Waals surface area contributed by atoms with Crippen molar-refractivity contribution in [1.82, 2.24) is 14.7 Å². The Balaban J connectivity index is 1.84. The molecule has 0 bridgehead atoms. The van der Waals surface area contributed by atoms with E-state index in [1.165, 1.54) is 24.8 Å². The molecular formula is C17H24N4. The van der Waals surface area contributed by atoms with Gasteiger partial charge in [0.15, 0.2) is 0 Å². The number of nitrogens with two attached hydrogens (primary N) is 1. The van der Waals surface area contributed by atoms with Crippen LogP contribution in [0.3, 0.4) is 0 Å². The maximum Gasteiger partial charge on any atom is 0.131 e. The highest BCUT2D eigenvalue weighted by Crippen LogP contribution is 2.24. The van der Waals surface area contributed by atoms with Gasteiger partial charge in [-0.25, -0.2) is 4.68 Å². The fourth-order valence-electron chi connectivity index (χ4n) is 3.12. The Morgan fingerprint density at radius 1 is 1.29 bits per heavy atom. The summed E-state index contributed by atoms with van der Waals surface area (Å²) in [6.45, 7) is 6.46. The lowest BCUT2D eigenvalue weighted by Crippen LogP contribution is -2.36. The molecule has 112 valence electrons. The number of benzene rings is 1. The number of nitrogens with zero attached hydrogens (tertiary/aromatic N) is 3. The van der Waals surface area contributed by atoms with Crippen molar-refractivity contribution in [1.29, 1.82) is 0 Å². The van der Waals surface area contributed by atoms with Gasteiger partial charge in [-0.2, -0.15) is 5.10 Å². The Bertz CT molecular complexity index is 617. The lowest BCUT2D eigenvalue weighted by atomic mass is 10.0. The normalized spacial score (nSPS) is 19.8. The predicted octanol–water partition coefficient (Wildman–Crippen LogP) is 3.14. The molecule has 4 nitrogen and oxygen atoms in total. The molecule has 2 heterocycles. The second kappa shape index (κ2) is 5.90. The van der Waals surface area contributed by atoms with Crippen LogP contribution >= 0.6 is 0 Å². The van der Waals surface area contributed by atoms with Crippen LogP contribution in [0.25, 0.3) is 5.69 Å². The zero-order chi connectivity index (χ0) is 14.8. The Hall–Kier alpha value is -1.81. The number of nitrogen functional groups attached to an aromatic ring is 1. The van der Waals surface area contributed by atoms with Crippen LogP contribution in [-0.4, -0.2) is 27.3 Å². The maximum atomic E-state index is 6.34. The van der Waals surface area contributed by atoms with Gasteiger partial charge in [0.05, 0.1) is 11.9 Å². The number of aromatic nitrogens is 2. The standard InChI is InChI=1S/C17H24N4/c1-13-7-3-4-9-16(13)21-17(18)15(11-19-21)12-20-10-6-5-8-14(20)2/h3-4,7,9,11,14H,5-6,8,10,12,18H2,1-2H3. The molecule has 1 atom stereocenters. The number of piperidine rings is 1. The molecule has 0 radical (unpaired) electrons. The van der Waals surface area contributed by atoms with Crippen LogP contribution in [0.1, 0.15) is 37.3 Å². The summed E-state index contributed by atoms with van der Waals surface area (Å²) in [7, 11) is 0. The van der Waals surface area contributed by atoms with Crippen LogP contribution in [0.4, 0.5) is 5.82 Å². The first kappa shape index (κ1) is 14.1. The molecule has 4 heteroatoms. The van der Waals surface area contributed by atoms with Crippen LogP contribution in [0.2, 0.25) is 0 Å². The molecule has 2 aromatic rings. The van der Waals surface area contributed by atoms with E-state index in [1.54, 1.807) is 0 Å². The van der Waals surface area contributed by atoms with Crippen molar-refractivity contribution in [3.63, 3.8) is 0 Å².